The van der Waals surface area contributed by atoms with E-state index in [2.05, 4.69) is 14.9 Å². The second-order valence-corrected chi connectivity index (χ2v) is 6.25. The Labute approximate surface area is 107 Å². The molecule has 0 aliphatic heterocycles. The molecule has 0 saturated heterocycles. The van der Waals surface area contributed by atoms with Crippen LogP contribution in [0.5, 0.6) is 0 Å². The average Bonchev–Trinajstić information content (AvgIpc) is 2.66. The third kappa shape index (κ3) is 2.57. The molecule has 0 amide bonds. The third-order valence-corrected chi connectivity index (χ3v) is 4.23. The van der Waals surface area contributed by atoms with E-state index >= 15 is 0 Å². The Morgan fingerprint density at radius 2 is 2.11 bits per heavy atom. The summed E-state index contributed by atoms with van der Waals surface area (Å²) in [5, 5.41) is 7.94. The molecular weight excluding hydrogens is 279 g/mol. The second kappa shape index (κ2) is 4.50. The fourth-order valence-electron chi connectivity index (χ4n) is 1.23. The Kier molecular flexibility index (Phi) is 3.18. The van der Waals surface area contributed by atoms with Crippen LogP contribution in [-0.2, 0) is 10.0 Å². The fraction of sp³-hybridized carbons (Fsp3) is 0.111. The van der Waals surface area contributed by atoms with Crippen LogP contribution in [0, 0.1) is 12.7 Å². The van der Waals surface area contributed by atoms with Gasteiger partial charge in [-0.2, -0.15) is 0 Å². The van der Waals surface area contributed by atoms with Gasteiger partial charge in [0, 0.05) is 5.69 Å². The molecule has 1 heterocycles. The lowest BCUT2D eigenvalue weighted by Crippen LogP contribution is -2.14. The molecule has 0 radical (unpaired) electrons. The first-order valence-electron chi connectivity index (χ1n) is 4.76. The van der Waals surface area contributed by atoms with Crippen molar-refractivity contribution in [3.05, 3.63) is 29.0 Å². The molecule has 0 spiro atoms. The number of aromatic nitrogens is 2. The summed E-state index contributed by atoms with van der Waals surface area (Å²) in [6.45, 7) is 1.68. The van der Waals surface area contributed by atoms with E-state index in [1.807, 2.05) is 0 Å². The number of benzene rings is 1. The van der Waals surface area contributed by atoms with Crippen molar-refractivity contribution in [3.8, 4) is 0 Å². The molecule has 1 aromatic heterocycles. The van der Waals surface area contributed by atoms with Gasteiger partial charge in [-0.25, -0.2) is 12.8 Å². The van der Waals surface area contributed by atoms with Gasteiger partial charge < -0.3 is 5.73 Å². The molecule has 3 N–H and O–H groups in total. The minimum Gasteiger partial charge on any atom is -0.399 e. The van der Waals surface area contributed by atoms with Crippen LogP contribution in [0.1, 0.15) is 5.01 Å². The quantitative estimate of drug-likeness (QED) is 0.831. The fourth-order valence-corrected chi connectivity index (χ4v) is 3.17. The molecule has 0 bridgehead atoms. The van der Waals surface area contributed by atoms with E-state index in [-0.39, 0.29) is 10.8 Å². The SMILES string of the molecule is Cc1nnc(NS(=O)(=O)c2cc(N)ccc2F)s1. The van der Waals surface area contributed by atoms with Crippen LogP contribution >= 0.6 is 11.3 Å². The number of hydrogen-bond acceptors (Lipinski definition) is 6. The molecule has 0 aliphatic rings. The first-order valence-corrected chi connectivity index (χ1v) is 7.06. The molecule has 0 atom stereocenters. The van der Waals surface area contributed by atoms with E-state index < -0.39 is 20.7 Å². The molecule has 18 heavy (non-hydrogen) atoms. The zero-order valence-electron chi connectivity index (χ0n) is 9.21. The topological polar surface area (TPSA) is 98.0 Å². The minimum atomic E-state index is -4.05. The number of sulfonamides is 1. The van der Waals surface area contributed by atoms with Crippen LogP contribution in [-0.4, -0.2) is 18.6 Å². The van der Waals surface area contributed by atoms with Crippen molar-refractivity contribution in [2.75, 3.05) is 10.5 Å². The molecule has 0 saturated carbocycles. The monoisotopic (exact) mass is 288 g/mol. The molecule has 0 aliphatic carbocycles. The van der Waals surface area contributed by atoms with Gasteiger partial charge in [0.1, 0.15) is 15.7 Å². The van der Waals surface area contributed by atoms with Crippen molar-refractivity contribution < 1.29 is 12.8 Å². The van der Waals surface area contributed by atoms with Gasteiger partial charge in [0.25, 0.3) is 10.0 Å². The van der Waals surface area contributed by atoms with Crippen molar-refractivity contribution >= 4 is 32.2 Å². The highest BCUT2D eigenvalue weighted by Crippen LogP contribution is 2.22. The summed E-state index contributed by atoms with van der Waals surface area (Å²) in [5.74, 6) is -0.877. The van der Waals surface area contributed by atoms with E-state index in [0.29, 0.717) is 5.01 Å². The molecule has 0 unspecified atom stereocenters. The number of hydrogen-bond donors (Lipinski definition) is 2. The number of aryl methyl sites for hydroxylation is 1. The van der Waals surface area contributed by atoms with Crippen LogP contribution in [0.4, 0.5) is 15.2 Å². The van der Waals surface area contributed by atoms with E-state index in [0.717, 1.165) is 23.5 Å². The first kappa shape index (κ1) is 12.7. The Hall–Kier alpha value is -1.74. The van der Waals surface area contributed by atoms with E-state index in [9.17, 15) is 12.8 Å². The van der Waals surface area contributed by atoms with Gasteiger partial charge in [-0.05, 0) is 25.1 Å². The van der Waals surface area contributed by atoms with Crippen molar-refractivity contribution in [3.63, 3.8) is 0 Å². The summed E-state index contributed by atoms with van der Waals surface area (Å²) < 4.78 is 39.4. The number of anilines is 2. The molecule has 2 rings (SSSR count). The van der Waals surface area contributed by atoms with Gasteiger partial charge in [-0.3, -0.25) is 4.72 Å². The molecule has 6 nitrogen and oxygen atoms in total. The van der Waals surface area contributed by atoms with Crippen molar-refractivity contribution in [1.29, 1.82) is 0 Å². The smallest absolute Gasteiger partial charge is 0.266 e. The number of nitrogen functional groups attached to an aromatic ring is 1. The maximum Gasteiger partial charge on any atom is 0.266 e. The maximum atomic E-state index is 13.5. The molecule has 0 fully saturated rings. The first-order chi connectivity index (χ1) is 8.38. The predicted molar refractivity (Wildman–Crippen MR) is 66.3 cm³/mol. The summed E-state index contributed by atoms with van der Waals surface area (Å²) in [7, 11) is -4.05. The number of rotatable bonds is 3. The molecular formula is C9H9FN4O2S2. The standard InChI is InChI=1S/C9H9FN4O2S2/c1-5-12-13-9(17-5)14-18(15,16)8-4-6(11)2-3-7(8)10/h2-4H,11H2,1H3,(H,13,14). The molecule has 96 valence electrons. The van der Waals surface area contributed by atoms with Crippen LogP contribution in [0.25, 0.3) is 0 Å². The Morgan fingerprint density at radius 1 is 1.39 bits per heavy atom. The Bertz CT molecular complexity index is 684. The van der Waals surface area contributed by atoms with E-state index in [1.54, 1.807) is 6.92 Å². The van der Waals surface area contributed by atoms with Gasteiger partial charge in [0.15, 0.2) is 0 Å². The largest absolute Gasteiger partial charge is 0.399 e. The summed E-state index contributed by atoms with van der Waals surface area (Å²) in [6.07, 6.45) is 0. The highest BCUT2D eigenvalue weighted by molar-refractivity contribution is 7.93. The maximum absolute atomic E-state index is 13.5. The average molecular weight is 288 g/mol. The third-order valence-electron chi connectivity index (χ3n) is 1.99. The second-order valence-electron chi connectivity index (χ2n) is 3.42. The lowest BCUT2D eigenvalue weighted by molar-refractivity contribution is 0.570. The predicted octanol–water partition coefficient (Wildman–Crippen LogP) is 1.37. The zero-order valence-corrected chi connectivity index (χ0v) is 10.8. The highest BCUT2D eigenvalue weighted by Gasteiger charge is 2.21. The normalized spacial score (nSPS) is 11.4. The van der Waals surface area contributed by atoms with E-state index in [1.165, 1.54) is 6.07 Å². The summed E-state index contributed by atoms with van der Waals surface area (Å²) in [4.78, 5) is -0.518. The Balaban J connectivity index is 2.39. The van der Waals surface area contributed by atoms with Gasteiger partial charge >= 0.3 is 0 Å². The zero-order chi connectivity index (χ0) is 13.3. The number of nitrogens with one attached hydrogen (secondary N) is 1. The van der Waals surface area contributed by atoms with Gasteiger partial charge in [0.2, 0.25) is 5.13 Å². The number of nitrogens with zero attached hydrogens (tertiary/aromatic N) is 2. The molecule has 1 aromatic carbocycles. The highest BCUT2D eigenvalue weighted by atomic mass is 32.2. The summed E-state index contributed by atoms with van der Waals surface area (Å²) in [5.41, 5.74) is 5.60. The van der Waals surface area contributed by atoms with Crippen LogP contribution < -0.4 is 10.5 Å². The van der Waals surface area contributed by atoms with Crippen LogP contribution in [0.2, 0.25) is 0 Å². The lowest BCUT2D eigenvalue weighted by atomic mass is 10.3. The van der Waals surface area contributed by atoms with Crippen molar-refractivity contribution in [2.24, 2.45) is 0 Å². The lowest BCUT2D eigenvalue weighted by Gasteiger charge is -2.06. The number of halogens is 1. The summed E-state index contributed by atoms with van der Waals surface area (Å²) in [6, 6.07) is 3.32. The number of nitrogens with two attached hydrogens (primary N) is 1. The molecule has 2 aromatic rings. The van der Waals surface area contributed by atoms with Gasteiger partial charge in [0.05, 0.1) is 0 Å². The minimum absolute atomic E-state index is 0.0781. The van der Waals surface area contributed by atoms with Crippen molar-refractivity contribution in [1.82, 2.24) is 10.2 Å². The van der Waals surface area contributed by atoms with Crippen molar-refractivity contribution in [2.45, 2.75) is 11.8 Å². The van der Waals surface area contributed by atoms with E-state index in [4.69, 9.17) is 5.73 Å². The van der Waals surface area contributed by atoms with Gasteiger partial charge in [-0.1, -0.05) is 11.3 Å². The Morgan fingerprint density at radius 3 is 2.72 bits per heavy atom. The summed E-state index contributed by atoms with van der Waals surface area (Å²) >= 11 is 1.05. The van der Waals surface area contributed by atoms with Crippen LogP contribution in [0.3, 0.4) is 0 Å². The van der Waals surface area contributed by atoms with Crippen LogP contribution in [0.15, 0.2) is 23.1 Å². The molecule has 9 heteroatoms. The van der Waals surface area contributed by atoms with Gasteiger partial charge in [-0.15, -0.1) is 10.2 Å².